The molecule has 2 aromatic heterocycles. The van der Waals surface area contributed by atoms with Gasteiger partial charge in [0.05, 0.1) is 11.0 Å². The van der Waals surface area contributed by atoms with Crippen LogP contribution in [-0.4, -0.2) is 4.57 Å². The van der Waals surface area contributed by atoms with Crippen LogP contribution in [0.2, 0.25) is 0 Å². The number of nitrogens with zero attached hydrogens (tertiary/aromatic N) is 1. The lowest BCUT2D eigenvalue weighted by Gasteiger charge is -2.14. The molecule has 0 unspecified atom stereocenters. The Morgan fingerprint density at radius 3 is 2.02 bits per heavy atom. The largest absolute Gasteiger partial charge is 0.398 e. The molecule has 0 fully saturated rings. The number of allylic oxidation sites excluding steroid dienone is 3. The first-order valence-corrected chi connectivity index (χ1v) is 19.9. The number of fused-ring (bicyclic) bond motifs is 6. The van der Waals surface area contributed by atoms with E-state index in [4.69, 9.17) is 5.73 Å². The summed E-state index contributed by atoms with van der Waals surface area (Å²) in [7, 11) is 0. The van der Waals surface area contributed by atoms with E-state index in [0.29, 0.717) is 0 Å². The summed E-state index contributed by atoms with van der Waals surface area (Å²) in [6.45, 7) is 2.07. The summed E-state index contributed by atoms with van der Waals surface area (Å²) in [5.41, 5.74) is 21.3. The Labute approximate surface area is 330 Å². The van der Waals surface area contributed by atoms with E-state index in [9.17, 15) is 0 Å². The highest BCUT2D eigenvalue weighted by Crippen LogP contribution is 2.41. The van der Waals surface area contributed by atoms with Crippen molar-refractivity contribution in [3.05, 3.63) is 205 Å². The molecule has 0 saturated carbocycles. The van der Waals surface area contributed by atoms with Gasteiger partial charge in [-0.05, 0) is 106 Å². The number of para-hydroxylation sites is 2. The zero-order valence-corrected chi connectivity index (χ0v) is 31.8. The van der Waals surface area contributed by atoms with Crippen LogP contribution in [0.15, 0.2) is 194 Å². The molecule has 56 heavy (non-hydrogen) atoms. The fourth-order valence-corrected chi connectivity index (χ4v) is 9.49. The summed E-state index contributed by atoms with van der Waals surface area (Å²) in [5.74, 6) is 0. The fraction of sp³-hybridized carbons (Fsp3) is 0.0189. The lowest BCUT2D eigenvalue weighted by Crippen LogP contribution is -1.94. The molecule has 0 radical (unpaired) electrons. The van der Waals surface area contributed by atoms with Crippen LogP contribution < -0.4 is 5.73 Å². The van der Waals surface area contributed by atoms with Gasteiger partial charge in [0.15, 0.2) is 0 Å². The van der Waals surface area contributed by atoms with Crippen LogP contribution in [-0.2, 0) is 0 Å². The molecular weight excluding hydrogens is 697 g/mol. The highest BCUT2D eigenvalue weighted by atomic mass is 32.1. The van der Waals surface area contributed by atoms with E-state index in [2.05, 4.69) is 200 Å². The van der Waals surface area contributed by atoms with Crippen molar-refractivity contribution in [1.29, 1.82) is 0 Å². The first-order chi connectivity index (χ1) is 27.6. The summed E-state index contributed by atoms with van der Waals surface area (Å²) in [6, 6.07) is 65.6. The molecule has 3 heteroatoms. The summed E-state index contributed by atoms with van der Waals surface area (Å²) in [6.07, 6.45) is 6.57. The third kappa shape index (κ3) is 5.81. The highest BCUT2D eigenvalue weighted by Gasteiger charge is 2.16. The smallest absolute Gasteiger partial charge is 0.0541 e. The number of thiophene rings is 1. The summed E-state index contributed by atoms with van der Waals surface area (Å²) < 4.78 is 5.06. The molecule has 0 spiro atoms. The van der Waals surface area contributed by atoms with E-state index < -0.39 is 0 Å². The Hall–Kier alpha value is -6.94. The first-order valence-electron chi connectivity index (χ1n) is 19.1. The molecule has 10 rings (SSSR count). The standard InChI is InChI=1S/C53H38N2S/c1-2-13-37(35-14-4-3-5-15-35)32-40-33-38(26-30-42(40)44-16-6-9-21-49(44)54)39-27-31-51-48(34-39)45-17-7-10-22-50(45)55(51)41-28-24-36(25-29-41)43-19-12-20-47-46-18-8-11-23-52(46)56-53(43)47/h2-34H,54H2,1H3/b13-2-,37-32?. The van der Waals surface area contributed by atoms with Gasteiger partial charge in [-0.2, -0.15) is 0 Å². The third-order valence-corrected chi connectivity index (χ3v) is 12.1. The van der Waals surface area contributed by atoms with E-state index in [1.165, 1.54) is 64.2 Å². The van der Waals surface area contributed by atoms with E-state index >= 15 is 0 Å². The van der Waals surface area contributed by atoms with E-state index in [1.807, 2.05) is 23.5 Å². The van der Waals surface area contributed by atoms with Gasteiger partial charge in [-0.3, -0.25) is 0 Å². The van der Waals surface area contributed by atoms with Crippen molar-refractivity contribution in [3.63, 3.8) is 0 Å². The maximum Gasteiger partial charge on any atom is 0.0541 e. The normalized spacial score (nSPS) is 12.1. The number of aromatic nitrogens is 1. The van der Waals surface area contributed by atoms with Crippen LogP contribution in [0.3, 0.4) is 0 Å². The van der Waals surface area contributed by atoms with E-state index in [0.717, 1.165) is 39.2 Å². The van der Waals surface area contributed by atoms with Crippen LogP contribution in [0.25, 0.3) is 92.7 Å². The summed E-state index contributed by atoms with van der Waals surface area (Å²) in [5, 5.41) is 5.11. The Morgan fingerprint density at radius 1 is 0.518 bits per heavy atom. The van der Waals surface area contributed by atoms with Crippen molar-refractivity contribution in [3.8, 4) is 39.1 Å². The monoisotopic (exact) mass is 734 g/mol. The third-order valence-electron chi connectivity index (χ3n) is 10.9. The molecule has 0 saturated heterocycles. The first kappa shape index (κ1) is 33.6. The number of anilines is 1. The molecule has 10 aromatic rings. The molecule has 2 nitrogen and oxygen atoms in total. The van der Waals surface area contributed by atoms with Crippen LogP contribution in [0, 0.1) is 0 Å². The maximum absolute atomic E-state index is 6.57. The SMILES string of the molecule is C/C=C\C(=Cc1cc(-c2ccc3c(c2)c2ccccc2n3-c2ccc(-c3cccc4c3sc3ccccc34)cc2)ccc1-c1ccccc1N)c1ccccc1. The summed E-state index contributed by atoms with van der Waals surface area (Å²) in [4.78, 5) is 0. The molecule has 0 aliphatic carbocycles. The summed E-state index contributed by atoms with van der Waals surface area (Å²) >= 11 is 1.88. The molecule has 8 aromatic carbocycles. The van der Waals surface area contributed by atoms with Gasteiger partial charge in [0.1, 0.15) is 0 Å². The quantitative estimate of drug-likeness (QED) is 0.0986. The minimum atomic E-state index is 0.765. The Bertz CT molecular complexity index is 3140. The molecule has 0 aliphatic heterocycles. The van der Waals surface area contributed by atoms with Gasteiger partial charge in [0.2, 0.25) is 0 Å². The van der Waals surface area contributed by atoms with Crippen molar-refractivity contribution in [1.82, 2.24) is 4.57 Å². The lowest BCUT2D eigenvalue weighted by molar-refractivity contribution is 1.18. The highest BCUT2D eigenvalue weighted by molar-refractivity contribution is 7.26. The van der Waals surface area contributed by atoms with Gasteiger partial charge < -0.3 is 10.3 Å². The van der Waals surface area contributed by atoms with Crippen LogP contribution in [0.4, 0.5) is 5.69 Å². The minimum absolute atomic E-state index is 0.765. The molecule has 266 valence electrons. The second-order valence-corrected chi connectivity index (χ2v) is 15.3. The fourth-order valence-electron chi connectivity index (χ4n) is 8.25. The van der Waals surface area contributed by atoms with Gasteiger partial charge in [0.25, 0.3) is 0 Å². The topological polar surface area (TPSA) is 30.9 Å². The van der Waals surface area contributed by atoms with Crippen LogP contribution in [0.1, 0.15) is 18.1 Å². The van der Waals surface area contributed by atoms with Gasteiger partial charge in [-0.25, -0.2) is 0 Å². The number of hydrogen-bond acceptors (Lipinski definition) is 2. The number of nitrogens with two attached hydrogens (primary N) is 1. The molecule has 0 amide bonds. The molecule has 0 bridgehead atoms. The van der Waals surface area contributed by atoms with Crippen LogP contribution >= 0.6 is 11.3 Å². The van der Waals surface area contributed by atoms with Crippen molar-refractivity contribution < 1.29 is 0 Å². The Morgan fingerprint density at radius 2 is 1.18 bits per heavy atom. The minimum Gasteiger partial charge on any atom is -0.398 e. The molecule has 2 heterocycles. The average Bonchev–Trinajstić information content (AvgIpc) is 3.80. The van der Waals surface area contributed by atoms with Crippen LogP contribution in [0.5, 0.6) is 0 Å². The van der Waals surface area contributed by atoms with Crippen molar-refractivity contribution in [2.75, 3.05) is 5.73 Å². The number of nitrogen functional groups attached to an aromatic ring is 1. The average molecular weight is 735 g/mol. The van der Waals surface area contributed by atoms with E-state index in [1.54, 1.807) is 0 Å². The predicted octanol–water partition coefficient (Wildman–Crippen LogP) is 14.9. The number of rotatable bonds is 7. The van der Waals surface area contributed by atoms with Gasteiger partial charge in [-0.1, -0.05) is 146 Å². The molecule has 0 aliphatic rings. The maximum atomic E-state index is 6.57. The second kappa shape index (κ2) is 14.0. The zero-order chi connectivity index (χ0) is 37.6. The molecule has 0 atom stereocenters. The van der Waals surface area contributed by atoms with Crippen molar-refractivity contribution in [2.24, 2.45) is 0 Å². The Kier molecular flexibility index (Phi) is 8.43. The van der Waals surface area contributed by atoms with Gasteiger partial charge >= 0.3 is 0 Å². The van der Waals surface area contributed by atoms with Gasteiger partial charge in [-0.15, -0.1) is 11.3 Å². The molecule has 2 N–H and O–H groups in total. The predicted molar refractivity (Wildman–Crippen MR) is 244 cm³/mol. The number of hydrogen-bond donors (Lipinski definition) is 1. The van der Waals surface area contributed by atoms with Gasteiger partial charge in [0, 0.05) is 47.9 Å². The lowest BCUT2D eigenvalue weighted by atomic mass is 9.91. The van der Waals surface area contributed by atoms with E-state index in [-0.39, 0.29) is 0 Å². The van der Waals surface area contributed by atoms with Crippen molar-refractivity contribution in [2.45, 2.75) is 6.92 Å². The second-order valence-electron chi connectivity index (χ2n) is 14.3. The zero-order valence-electron chi connectivity index (χ0n) is 31.0. The molecular formula is C53H38N2S. The van der Waals surface area contributed by atoms with Crippen molar-refractivity contribution >= 4 is 70.7 Å². The Balaban J connectivity index is 1.09. The number of benzene rings is 8.